The Kier molecular flexibility index (Phi) is 3.66. The molecule has 0 radical (unpaired) electrons. The van der Waals surface area contributed by atoms with Gasteiger partial charge in [-0.05, 0) is 31.0 Å². The predicted octanol–water partition coefficient (Wildman–Crippen LogP) is 2.05. The van der Waals surface area contributed by atoms with E-state index in [2.05, 4.69) is 17.3 Å². The van der Waals surface area contributed by atoms with Crippen molar-refractivity contribution in [1.82, 2.24) is 15.1 Å². The Morgan fingerprint density at radius 2 is 2.05 bits per heavy atom. The van der Waals surface area contributed by atoms with Crippen molar-refractivity contribution in [2.45, 2.75) is 26.8 Å². The highest BCUT2D eigenvalue weighted by Crippen LogP contribution is 2.27. The fourth-order valence-corrected chi connectivity index (χ4v) is 2.57. The molecule has 1 aromatic heterocycles. The SMILES string of the molecule is CCCn1nc(C)c2c1C(=O)NCC(c1ccc(N)cc1)=N2. The molecule has 0 saturated heterocycles. The third-order valence-electron chi connectivity index (χ3n) is 3.65. The number of fused-ring (bicyclic) bond motifs is 1. The highest BCUT2D eigenvalue weighted by molar-refractivity contribution is 6.10. The van der Waals surface area contributed by atoms with Crippen LogP contribution in [0.3, 0.4) is 0 Å². The maximum atomic E-state index is 12.4. The fourth-order valence-electron chi connectivity index (χ4n) is 2.57. The molecule has 6 nitrogen and oxygen atoms in total. The number of carbonyl (C=O) groups is 1. The number of aliphatic imine (C=N–C) groups is 1. The zero-order valence-electron chi connectivity index (χ0n) is 12.8. The number of hydrogen-bond donors (Lipinski definition) is 2. The van der Waals surface area contributed by atoms with E-state index in [0.29, 0.717) is 30.2 Å². The molecular weight excluding hydrogens is 278 g/mol. The molecule has 1 aliphatic rings. The number of hydrogen-bond acceptors (Lipinski definition) is 4. The molecule has 1 aromatic carbocycles. The number of nitrogens with zero attached hydrogens (tertiary/aromatic N) is 3. The van der Waals surface area contributed by atoms with Crippen LogP contribution in [0.4, 0.5) is 11.4 Å². The minimum absolute atomic E-state index is 0.127. The zero-order chi connectivity index (χ0) is 15.7. The molecule has 2 aromatic rings. The predicted molar refractivity (Wildman–Crippen MR) is 86.6 cm³/mol. The van der Waals surface area contributed by atoms with E-state index in [1.165, 1.54) is 0 Å². The van der Waals surface area contributed by atoms with Gasteiger partial charge in [-0.1, -0.05) is 19.1 Å². The molecule has 3 rings (SSSR count). The summed E-state index contributed by atoms with van der Waals surface area (Å²) < 4.78 is 1.75. The summed E-state index contributed by atoms with van der Waals surface area (Å²) in [4.78, 5) is 17.1. The van der Waals surface area contributed by atoms with E-state index < -0.39 is 0 Å². The molecule has 2 heterocycles. The topological polar surface area (TPSA) is 85.3 Å². The minimum Gasteiger partial charge on any atom is -0.399 e. The molecule has 0 aliphatic carbocycles. The summed E-state index contributed by atoms with van der Waals surface area (Å²) >= 11 is 0. The van der Waals surface area contributed by atoms with Crippen LogP contribution in [0.15, 0.2) is 29.3 Å². The third-order valence-corrected chi connectivity index (χ3v) is 3.65. The van der Waals surface area contributed by atoms with Crippen molar-refractivity contribution in [2.75, 3.05) is 12.3 Å². The van der Waals surface area contributed by atoms with Crippen LogP contribution < -0.4 is 11.1 Å². The van der Waals surface area contributed by atoms with E-state index >= 15 is 0 Å². The van der Waals surface area contributed by atoms with Crippen molar-refractivity contribution in [1.29, 1.82) is 0 Å². The lowest BCUT2D eigenvalue weighted by atomic mass is 10.1. The van der Waals surface area contributed by atoms with Crippen molar-refractivity contribution in [3.05, 3.63) is 41.2 Å². The molecule has 114 valence electrons. The Morgan fingerprint density at radius 3 is 2.73 bits per heavy atom. The quantitative estimate of drug-likeness (QED) is 0.850. The highest BCUT2D eigenvalue weighted by atomic mass is 16.2. The second-order valence-corrected chi connectivity index (χ2v) is 5.37. The van der Waals surface area contributed by atoms with Gasteiger partial charge in [0.25, 0.3) is 5.91 Å². The van der Waals surface area contributed by atoms with Crippen LogP contribution in [0.2, 0.25) is 0 Å². The molecule has 1 amide bonds. The molecule has 0 spiro atoms. The number of aromatic nitrogens is 2. The Bertz CT molecular complexity index is 743. The minimum atomic E-state index is -0.127. The van der Waals surface area contributed by atoms with Gasteiger partial charge in [0.05, 0.1) is 18.0 Å². The summed E-state index contributed by atoms with van der Waals surface area (Å²) in [5, 5.41) is 7.36. The van der Waals surface area contributed by atoms with Crippen LogP contribution >= 0.6 is 0 Å². The summed E-state index contributed by atoms with van der Waals surface area (Å²) in [6.07, 6.45) is 0.912. The van der Waals surface area contributed by atoms with Gasteiger partial charge < -0.3 is 11.1 Å². The van der Waals surface area contributed by atoms with Crippen LogP contribution in [-0.4, -0.2) is 27.9 Å². The van der Waals surface area contributed by atoms with Gasteiger partial charge in [0.1, 0.15) is 5.69 Å². The Morgan fingerprint density at radius 1 is 1.32 bits per heavy atom. The maximum Gasteiger partial charge on any atom is 0.272 e. The first kappa shape index (κ1) is 14.3. The zero-order valence-corrected chi connectivity index (χ0v) is 12.8. The number of nitrogens with two attached hydrogens (primary N) is 1. The smallest absolute Gasteiger partial charge is 0.272 e. The summed E-state index contributed by atoms with van der Waals surface area (Å²) in [5.41, 5.74) is 10.2. The van der Waals surface area contributed by atoms with Crippen molar-refractivity contribution in [3.8, 4) is 0 Å². The molecule has 0 fully saturated rings. The van der Waals surface area contributed by atoms with E-state index in [9.17, 15) is 4.79 Å². The van der Waals surface area contributed by atoms with Crippen LogP contribution in [0.25, 0.3) is 0 Å². The summed E-state index contributed by atoms with van der Waals surface area (Å²) in [5.74, 6) is -0.127. The van der Waals surface area contributed by atoms with E-state index in [1.807, 2.05) is 31.2 Å². The average Bonchev–Trinajstić information content (AvgIpc) is 2.69. The van der Waals surface area contributed by atoms with E-state index in [0.717, 1.165) is 23.4 Å². The summed E-state index contributed by atoms with van der Waals surface area (Å²) in [6.45, 7) is 5.04. The van der Waals surface area contributed by atoms with E-state index in [-0.39, 0.29) is 5.91 Å². The molecule has 0 saturated carbocycles. The van der Waals surface area contributed by atoms with Gasteiger partial charge in [0, 0.05) is 12.2 Å². The monoisotopic (exact) mass is 297 g/mol. The Hall–Kier alpha value is -2.63. The van der Waals surface area contributed by atoms with Gasteiger partial charge in [0.2, 0.25) is 0 Å². The van der Waals surface area contributed by atoms with Gasteiger partial charge in [-0.3, -0.25) is 9.48 Å². The molecule has 1 aliphatic heterocycles. The second kappa shape index (κ2) is 5.63. The number of rotatable bonds is 3. The standard InChI is InChI=1S/C16H19N5O/c1-3-8-21-15-14(10(2)20-21)19-13(9-18-16(15)22)11-4-6-12(17)7-5-11/h4-7H,3,8-9,17H2,1-2H3,(H,18,22). The number of anilines is 1. The molecule has 22 heavy (non-hydrogen) atoms. The van der Waals surface area contributed by atoms with Gasteiger partial charge in [0.15, 0.2) is 5.69 Å². The molecule has 6 heteroatoms. The van der Waals surface area contributed by atoms with Crippen LogP contribution in [0.1, 0.15) is 35.1 Å². The number of nitrogen functional groups attached to an aromatic ring is 1. The van der Waals surface area contributed by atoms with Crippen LogP contribution in [0, 0.1) is 6.92 Å². The number of aryl methyl sites for hydroxylation is 2. The molecular formula is C16H19N5O. The second-order valence-electron chi connectivity index (χ2n) is 5.37. The maximum absolute atomic E-state index is 12.4. The molecule has 0 unspecified atom stereocenters. The fraction of sp³-hybridized carbons (Fsp3) is 0.312. The largest absolute Gasteiger partial charge is 0.399 e. The van der Waals surface area contributed by atoms with Crippen LogP contribution in [0.5, 0.6) is 0 Å². The molecule has 0 atom stereocenters. The van der Waals surface area contributed by atoms with Gasteiger partial charge in [-0.2, -0.15) is 5.10 Å². The first-order valence-corrected chi connectivity index (χ1v) is 7.39. The average molecular weight is 297 g/mol. The highest BCUT2D eigenvalue weighted by Gasteiger charge is 2.25. The van der Waals surface area contributed by atoms with E-state index in [1.54, 1.807) is 4.68 Å². The first-order valence-electron chi connectivity index (χ1n) is 7.39. The molecule has 3 N–H and O–H groups in total. The van der Waals surface area contributed by atoms with Crippen LogP contribution in [-0.2, 0) is 6.54 Å². The van der Waals surface area contributed by atoms with Crippen molar-refractivity contribution >= 4 is 23.0 Å². The van der Waals surface area contributed by atoms with Gasteiger partial charge in [-0.25, -0.2) is 4.99 Å². The number of benzene rings is 1. The number of carbonyl (C=O) groups excluding carboxylic acids is 1. The van der Waals surface area contributed by atoms with Crippen molar-refractivity contribution in [2.24, 2.45) is 4.99 Å². The van der Waals surface area contributed by atoms with Gasteiger partial charge in [-0.15, -0.1) is 0 Å². The van der Waals surface area contributed by atoms with Crippen molar-refractivity contribution in [3.63, 3.8) is 0 Å². The summed E-state index contributed by atoms with van der Waals surface area (Å²) in [7, 11) is 0. The van der Waals surface area contributed by atoms with Crippen molar-refractivity contribution < 1.29 is 4.79 Å². The number of amides is 1. The van der Waals surface area contributed by atoms with E-state index in [4.69, 9.17) is 10.7 Å². The van der Waals surface area contributed by atoms with Gasteiger partial charge >= 0.3 is 0 Å². The Labute approximate surface area is 129 Å². The summed E-state index contributed by atoms with van der Waals surface area (Å²) in [6, 6.07) is 7.49. The lowest BCUT2D eigenvalue weighted by Gasteiger charge is -2.06. The Balaban J connectivity index is 2.09. The molecule has 0 bridgehead atoms. The normalized spacial score (nSPS) is 14.1. The lowest BCUT2D eigenvalue weighted by Crippen LogP contribution is -2.30. The lowest BCUT2D eigenvalue weighted by molar-refractivity contribution is 0.0950. The number of nitrogens with one attached hydrogen (secondary N) is 1. The third kappa shape index (κ3) is 2.47. The first-order chi connectivity index (χ1) is 10.6.